The summed E-state index contributed by atoms with van der Waals surface area (Å²) >= 11 is 3.93. The van der Waals surface area contributed by atoms with E-state index in [1.54, 1.807) is 0 Å². The standard InChI is InChI=1S/C106H102B2N6S2/c1-101(2,3)67-37-49-75(50-38-67)109(76-51-39-68(40-52-76)102(4,5)6)81-61-89-95-91(63-81)113(79-57-45-71(46-58-79)105(13,14)15)97-83-33-25-27-35-93(83)115-99(97)107(95)85-65-86-88(66-87(85)111(89)73-29-21-19-22-30-73)112(74-31-23-20-24-32-74)90-62-82(110(77-53-41-69(42-54-77)103(7,8)9)78-55-43-70(44-56-78)104(10,11)12)64-92-96(90)108(86)100-98(84-34-26-28-36-94(84)116-100)114(92)80-59-47-72(48-60-80)106(16,17)18/h19-66H,1-18H3. The summed E-state index contributed by atoms with van der Waals surface area (Å²) < 4.78 is 5.19. The zero-order valence-corrected chi connectivity index (χ0v) is 72.0. The first-order valence-corrected chi connectivity index (χ1v) is 43.1. The fraction of sp³-hybridized carbons (Fsp3) is 0.226. The van der Waals surface area contributed by atoms with Crippen LogP contribution < -0.4 is 60.8 Å². The van der Waals surface area contributed by atoms with Gasteiger partial charge in [0.25, 0.3) is 13.4 Å². The van der Waals surface area contributed by atoms with Crippen LogP contribution in [0.2, 0.25) is 0 Å². The number of benzene rings is 13. The Morgan fingerprint density at radius 3 is 0.767 bits per heavy atom. The molecule has 13 aromatic carbocycles. The van der Waals surface area contributed by atoms with Gasteiger partial charge in [-0.3, -0.25) is 0 Å². The second kappa shape index (κ2) is 27.2. The first-order valence-electron chi connectivity index (χ1n) is 41.4. The molecule has 0 bridgehead atoms. The summed E-state index contributed by atoms with van der Waals surface area (Å²) in [5.74, 6) is 0. The molecule has 2 aromatic heterocycles. The molecular weight excluding hydrogens is 1440 g/mol. The smallest absolute Gasteiger partial charge is 0.264 e. The highest BCUT2D eigenvalue weighted by molar-refractivity contribution is 7.35. The number of nitrogens with zero attached hydrogens (tertiary/aromatic N) is 6. The number of hydrogen-bond donors (Lipinski definition) is 0. The molecule has 0 unspecified atom stereocenters. The summed E-state index contributed by atoms with van der Waals surface area (Å²) in [5.41, 5.74) is 32.8. The van der Waals surface area contributed by atoms with Crippen molar-refractivity contribution in [1.29, 1.82) is 0 Å². The van der Waals surface area contributed by atoms with Crippen molar-refractivity contribution < 1.29 is 0 Å². The topological polar surface area (TPSA) is 19.4 Å². The summed E-state index contributed by atoms with van der Waals surface area (Å²) in [6, 6.07) is 113. The monoisotopic (exact) mass is 1540 g/mol. The summed E-state index contributed by atoms with van der Waals surface area (Å²) in [4.78, 5) is 15.7. The van der Waals surface area contributed by atoms with E-state index in [1.807, 2.05) is 22.7 Å². The van der Waals surface area contributed by atoms with Crippen LogP contribution in [0.4, 0.5) is 102 Å². The van der Waals surface area contributed by atoms with Crippen molar-refractivity contribution in [2.24, 2.45) is 0 Å². The molecule has 4 aliphatic rings. The molecule has 15 aromatic rings. The Labute approximate surface area is 696 Å². The second-order valence-electron chi connectivity index (χ2n) is 38.7. The Bertz CT molecular complexity index is 5820. The average molecular weight is 1550 g/mol. The molecule has 0 saturated carbocycles. The van der Waals surface area contributed by atoms with Gasteiger partial charge in [0.15, 0.2) is 0 Å². The number of rotatable bonds is 10. The van der Waals surface area contributed by atoms with Gasteiger partial charge in [0.1, 0.15) is 0 Å². The molecule has 6 heterocycles. The van der Waals surface area contributed by atoms with Gasteiger partial charge in [-0.25, -0.2) is 0 Å². The van der Waals surface area contributed by atoms with Gasteiger partial charge in [0.2, 0.25) is 0 Å². The first-order chi connectivity index (χ1) is 55.3. The van der Waals surface area contributed by atoms with Crippen LogP contribution in [0.1, 0.15) is 158 Å². The molecule has 10 heteroatoms. The number of para-hydroxylation sites is 2. The maximum Gasteiger partial charge on any atom is 0.264 e. The molecule has 116 heavy (non-hydrogen) atoms. The molecule has 0 atom stereocenters. The van der Waals surface area contributed by atoms with E-state index in [2.05, 4.69) is 445 Å². The van der Waals surface area contributed by atoms with Gasteiger partial charge in [0, 0.05) is 109 Å². The van der Waals surface area contributed by atoms with E-state index in [0.717, 1.165) is 91.0 Å². The third-order valence-corrected chi connectivity index (χ3v) is 27.2. The van der Waals surface area contributed by atoms with E-state index in [1.165, 1.54) is 96.3 Å². The zero-order valence-electron chi connectivity index (χ0n) is 70.4. The SMILES string of the molecule is CC(C)(C)c1ccc(N(c2ccc(C(C)(C)C)cc2)c2cc3c4c(c2)N(c2ccc(C(C)(C)C)cc2)c2c(sc5ccccc25)B4c2cc4c(cc2N3c2ccccc2)N(c2ccccc2)c2cc(N(c3ccc(C(C)(C)C)cc3)c3ccc(C(C)(C)C)cc3)cc3c2B4c2sc4ccccc4c2N3c2ccc(C(C)(C)C)cc2)cc1. The lowest BCUT2D eigenvalue weighted by molar-refractivity contribution is 0.590. The molecule has 0 amide bonds. The van der Waals surface area contributed by atoms with Crippen LogP contribution in [0.15, 0.2) is 291 Å². The Balaban J connectivity index is 0.944. The van der Waals surface area contributed by atoms with E-state index in [-0.39, 0.29) is 45.9 Å². The van der Waals surface area contributed by atoms with Crippen LogP contribution in [0.3, 0.4) is 0 Å². The molecule has 0 fully saturated rings. The molecule has 0 aliphatic carbocycles. The molecular formula is C106H102B2N6S2. The van der Waals surface area contributed by atoms with Crippen molar-refractivity contribution >= 4 is 190 Å². The zero-order chi connectivity index (χ0) is 80.6. The Morgan fingerprint density at radius 1 is 0.233 bits per heavy atom. The van der Waals surface area contributed by atoms with Gasteiger partial charge in [-0.2, -0.15) is 0 Å². The normalized spacial score (nSPS) is 13.8. The van der Waals surface area contributed by atoms with Gasteiger partial charge < -0.3 is 29.4 Å². The van der Waals surface area contributed by atoms with Gasteiger partial charge in [-0.1, -0.05) is 276 Å². The first kappa shape index (κ1) is 74.8. The van der Waals surface area contributed by atoms with Gasteiger partial charge in [-0.15, -0.1) is 22.7 Å². The van der Waals surface area contributed by atoms with Gasteiger partial charge in [-0.05, 0) is 227 Å². The molecule has 0 saturated heterocycles. The van der Waals surface area contributed by atoms with Crippen LogP contribution in [-0.2, 0) is 32.5 Å². The maximum atomic E-state index is 2.72. The largest absolute Gasteiger partial charge is 0.311 e. The van der Waals surface area contributed by atoms with Gasteiger partial charge >= 0.3 is 0 Å². The molecule has 19 rings (SSSR count). The molecule has 6 nitrogen and oxygen atoms in total. The van der Waals surface area contributed by atoms with Crippen LogP contribution in [0.25, 0.3) is 20.2 Å². The summed E-state index contributed by atoms with van der Waals surface area (Å²) in [5, 5.41) is 2.49. The number of fused-ring (bicyclic) bond motifs is 12. The highest BCUT2D eigenvalue weighted by Crippen LogP contribution is 2.56. The van der Waals surface area contributed by atoms with Crippen LogP contribution in [-0.4, -0.2) is 13.4 Å². The minimum atomic E-state index is -0.211. The molecule has 4 aliphatic heterocycles. The van der Waals surface area contributed by atoms with E-state index in [4.69, 9.17) is 0 Å². The molecule has 0 N–H and O–H groups in total. The van der Waals surface area contributed by atoms with E-state index in [9.17, 15) is 0 Å². The third kappa shape index (κ3) is 12.6. The van der Waals surface area contributed by atoms with E-state index >= 15 is 0 Å². The predicted molar refractivity (Wildman–Crippen MR) is 507 cm³/mol. The summed E-state index contributed by atoms with van der Waals surface area (Å²) in [6.45, 7) is 41.3. The quantitative estimate of drug-likeness (QED) is 0.126. The van der Waals surface area contributed by atoms with Crippen molar-refractivity contribution in [2.75, 3.05) is 29.4 Å². The van der Waals surface area contributed by atoms with Crippen molar-refractivity contribution in [3.05, 3.63) is 325 Å². The van der Waals surface area contributed by atoms with Crippen molar-refractivity contribution in [1.82, 2.24) is 0 Å². The predicted octanol–water partition coefficient (Wildman–Crippen LogP) is 27.0. The maximum absolute atomic E-state index is 2.72. The lowest BCUT2D eigenvalue weighted by Gasteiger charge is -2.47. The number of anilines is 18. The van der Waals surface area contributed by atoms with Crippen molar-refractivity contribution in [3.63, 3.8) is 0 Å². The molecule has 0 spiro atoms. The minimum Gasteiger partial charge on any atom is -0.311 e. The number of thiophene rings is 2. The van der Waals surface area contributed by atoms with E-state index in [0.29, 0.717) is 0 Å². The fourth-order valence-corrected chi connectivity index (χ4v) is 21.0. The highest BCUT2D eigenvalue weighted by Gasteiger charge is 2.51. The highest BCUT2D eigenvalue weighted by atomic mass is 32.1. The average Bonchev–Trinajstić information content (AvgIpc) is 1.62. The summed E-state index contributed by atoms with van der Waals surface area (Å²) in [7, 11) is 0. The van der Waals surface area contributed by atoms with Crippen molar-refractivity contribution in [3.8, 4) is 0 Å². The Morgan fingerprint density at radius 2 is 0.483 bits per heavy atom. The number of hydrogen-bond acceptors (Lipinski definition) is 8. The third-order valence-electron chi connectivity index (χ3n) is 24.7. The molecule has 574 valence electrons. The lowest BCUT2D eigenvalue weighted by Crippen LogP contribution is -2.64. The van der Waals surface area contributed by atoms with Crippen molar-refractivity contribution in [2.45, 2.75) is 157 Å². The Kier molecular flexibility index (Phi) is 17.5. The van der Waals surface area contributed by atoms with Crippen LogP contribution in [0, 0.1) is 0 Å². The Hall–Kier alpha value is -11.3. The fourth-order valence-electron chi connectivity index (χ4n) is 18.4. The molecule has 0 radical (unpaired) electrons. The second-order valence-corrected chi connectivity index (χ2v) is 40.9. The van der Waals surface area contributed by atoms with Gasteiger partial charge in [0.05, 0.1) is 22.7 Å². The summed E-state index contributed by atoms with van der Waals surface area (Å²) in [6.07, 6.45) is 0. The van der Waals surface area contributed by atoms with Crippen LogP contribution >= 0.6 is 22.7 Å². The minimum absolute atomic E-state index is 0.0487. The lowest BCUT2D eigenvalue weighted by atomic mass is 9.32. The van der Waals surface area contributed by atoms with E-state index < -0.39 is 0 Å². The van der Waals surface area contributed by atoms with Crippen LogP contribution in [0.5, 0.6) is 0 Å².